The van der Waals surface area contributed by atoms with Crippen molar-refractivity contribution in [1.29, 1.82) is 0 Å². The molecule has 7 nitrogen and oxygen atoms in total. The molecule has 0 radical (unpaired) electrons. The smallest absolute Gasteiger partial charge is 0.251 e. The van der Waals surface area contributed by atoms with Crippen LogP contribution in [0, 0.1) is 12.8 Å². The van der Waals surface area contributed by atoms with E-state index in [4.69, 9.17) is 16.3 Å². The third-order valence-corrected chi connectivity index (χ3v) is 5.30. The summed E-state index contributed by atoms with van der Waals surface area (Å²) < 4.78 is 7.75. The lowest BCUT2D eigenvalue weighted by Gasteiger charge is -2.13. The van der Waals surface area contributed by atoms with Gasteiger partial charge in [0.1, 0.15) is 5.75 Å². The summed E-state index contributed by atoms with van der Waals surface area (Å²) in [4.78, 5) is 17.3. The maximum Gasteiger partial charge on any atom is 0.251 e. The zero-order valence-electron chi connectivity index (χ0n) is 18.8. The first-order valence-corrected chi connectivity index (χ1v) is 11.0. The first kappa shape index (κ1) is 22.0. The summed E-state index contributed by atoms with van der Waals surface area (Å²) in [5.41, 5.74) is 4.06. The number of nitrogens with zero attached hydrogens (tertiary/aromatic N) is 4. The van der Waals surface area contributed by atoms with Crippen molar-refractivity contribution in [3.05, 3.63) is 52.7 Å². The lowest BCUT2D eigenvalue weighted by Crippen LogP contribution is -2.27. The third-order valence-electron chi connectivity index (χ3n) is 4.97. The first-order valence-electron chi connectivity index (χ1n) is 10.6. The maximum absolute atomic E-state index is 12.7. The second-order valence-corrected chi connectivity index (χ2v) is 8.90. The normalized spacial score (nSPS) is 11.6. The summed E-state index contributed by atoms with van der Waals surface area (Å²) >= 11 is 6.55. The highest BCUT2D eigenvalue weighted by Gasteiger charge is 2.19. The number of carbonyl (C=O) groups excluding carboxylic acids is 1. The van der Waals surface area contributed by atoms with Gasteiger partial charge in [0.15, 0.2) is 11.5 Å². The van der Waals surface area contributed by atoms with E-state index in [-0.39, 0.29) is 12.0 Å². The monoisotopic (exact) mass is 451 g/mol. The Bertz CT molecular complexity index is 1310. The van der Waals surface area contributed by atoms with E-state index in [1.54, 1.807) is 12.1 Å². The molecule has 1 amide bonds. The molecule has 4 aromatic rings. The number of amides is 1. The Balaban J connectivity index is 1.91. The molecule has 0 saturated carbocycles. The predicted octanol–water partition coefficient (Wildman–Crippen LogP) is 5.08. The quantitative estimate of drug-likeness (QED) is 0.442. The summed E-state index contributed by atoms with van der Waals surface area (Å²) in [5.74, 6) is 1.49. The van der Waals surface area contributed by atoms with Gasteiger partial charge in [-0.3, -0.25) is 9.20 Å². The molecule has 166 valence electrons. The van der Waals surface area contributed by atoms with E-state index in [1.165, 1.54) is 0 Å². The van der Waals surface area contributed by atoms with Crippen molar-refractivity contribution in [2.75, 3.05) is 6.54 Å². The molecule has 0 fully saturated rings. The molecule has 32 heavy (non-hydrogen) atoms. The van der Waals surface area contributed by atoms with Gasteiger partial charge in [-0.15, -0.1) is 10.2 Å². The molecule has 0 unspecified atom stereocenters. The van der Waals surface area contributed by atoms with Crippen LogP contribution in [0.4, 0.5) is 0 Å². The maximum atomic E-state index is 12.7. The number of aromatic nitrogens is 4. The average molecular weight is 452 g/mol. The van der Waals surface area contributed by atoms with E-state index in [1.807, 2.05) is 49.4 Å². The van der Waals surface area contributed by atoms with Gasteiger partial charge in [-0.1, -0.05) is 25.4 Å². The van der Waals surface area contributed by atoms with Gasteiger partial charge >= 0.3 is 0 Å². The topological polar surface area (TPSA) is 81.4 Å². The Morgan fingerprint density at radius 2 is 1.91 bits per heavy atom. The van der Waals surface area contributed by atoms with Crippen LogP contribution in [0.15, 0.2) is 36.4 Å². The van der Waals surface area contributed by atoms with E-state index in [0.29, 0.717) is 45.8 Å². The molecule has 0 saturated heterocycles. The summed E-state index contributed by atoms with van der Waals surface area (Å²) in [6.07, 6.45) is 0.0263. The fourth-order valence-corrected chi connectivity index (χ4v) is 3.71. The SMILES string of the molecule is Cc1nc2ccc(C(=O)NCC(C)C)cc2n2c(-c3cc(OC(C)C)ccc3Cl)nnc12. The molecule has 0 aliphatic heterocycles. The standard InChI is InChI=1S/C24H26ClN5O2/c1-13(2)12-26-24(31)16-6-9-20-21(10-16)30-22(15(5)27-20)28-29-23(30)18-11-17(32-14(3)4)7-8-19(18)25/h6-11,13-14H,12H2,1-5H3,(H,26,31). The van der Waals surface area contributed by atoms with E-state index in [9.17, 15) is 4.79 Å². The lowest BCUT2D eigenvalue weighted by atomic mass is 10.1. The minimum Gasteiger partial charge on any atom is -0.491 e. The van der Waals surface area contributed by atoms with E-state index >= 15 is 0 Å². The van der Waals surface area contributed by atoms with Crippen molar-refractivity contribution in [2.45, 2.75) is 40.7 Å². The van der Waals surface area contributed by atoms with Gasteiger partial charge in [0.2, 0.25) is 0 Å². The lowest BCUT2D eigenvalue weighted by molar-refractivity contribution is 0.0949. The van der Waals surface area contributed by atoms with Gasteiger partial charge < -0.3 is 10.1 Å². The molecule has 4 rings (SSSR count). The van der Waals surface area contributed by atoms with Crippen molar-refractivity contribution >= 4 is 34.2 Å². The van der Waals surface area contributed by atoms with Gasteiger partial charge in [0.05, 0.1) is 27.9 Å². The van der Waals surface area contributed by atoms with Gasteiger partial charge in [0.25, 0.3) is 5.91 Å². The molecule has 0 aliphatic carbocycles. The number of halogens is 1. The molecule has 2 heterocycles. The Morgan fingerprint density at radius 1 is 1.12 bits per heavy atom. The molecule has 0 bridgehead atoms. The van der Waals surface area contributed by atoms with Crippen molar-refractivity contribution in [3.63, 3.8) is 0 Å². The fraction of sp³-hybridized carbons (Fsp3) is 0.333. The van der Waals surface area contributed by atoms with Crippen LogP contribution in [0.25, 0.3) is 28.1 Å². The molecule has 0 aliphatic rings. The van der Waals surface area contributed by atoms with E-state index in [0.717, 1.165) is 16.7 Å². The second kappa shape index (κ2) is 8.74. The number of rotatable bonds is 6. The number of fused-ring (bicyclic) bond motifs is 3. The Morgan fingerprint density at radius 3 is 2.62 bits per heavy atom. The summed E-state index contributed by atoms with van der Waals surface area (Å²) in [6.45, 7) is 10.5. The molecule has 0 atom stereocenters. The molecular weight excluding hydrogens is 426 g/mol. The van der Waals surface area contributed by atoms with Crippen LogP contribution in [0.5, 0.6) is 5.75 Å². The molecule has 1 N–H and O–H groups in total. The molecule has 2 aromatic heterocycles. The number of carbonyl (C=O) groups is 1. The van der Waals surface area contributed by atoms with Crippen molar-refractivity contribution in [1.82, 2.24) is 24.9 Å². The Hall–Kier alpha value is -3.19. The minimum absolute atomic E-state index is 0.0263. The number of benzene rings is 2. The van der Waals surface area contributed by atoms with E-state index < -0.39 is 0 Å². The van der Waals surface area contributed by atoms with Crippen LogP contribution in [0.3, 0.4) is 0 Å². The number of nitrogens with one attached hydrogen (secondary N) is 1. The van der Waals surface area contributed by atoms with Crippen LogP contribution >= 0.6 is 11.6 Å². The molecule has 0 spiro atoms. The zero-order valence-corrected chi connectivity index (χ0v) is 19.6. The van der Waals surface area contributed by atoms with Gasteiger partial charge in [0, 0.05) is 17.7 Å². The van der Waals surface area contributed by atoms with Crippen molar-refractivity contribution in [3.8, 4) is 17.1 Å². The number of hydrogen-bond acceptors (Lipinski definition) is 5. The largest absolute Gasteiger partial charge is 0.491 e. The van der Waals surface area contributed by atoms with Crippen LogP contribution in [-0.4, -0.2) is 38.1 Å². The van der Waals surface area contributed by atoms with Crippen LogP contribution in [0.1, 0.15) is 43.7 Å². The highest BCUT2D eigenvalue weighted by Crippen LogP contribution is 2.33. The van der Waals surface area contributed by atoms with Crippen molar-refractivity contribution in [2.24, 2.45) is 5.92 Å². The Labute approximate surface area is 191 Å². The average Bonchev–Trinajstić information content (AvgIpc) is 3.19. The number of aryl methyl sites for hydroxylation is 1. The highest BCUT2D eigenvalue weighted by molar-refractivity contribution is 6.33. The summed E-state index contributed by atoms with van der Waals surface area (Å²) in [7, 11) is 0. The minimum atomic E-state index is -0.130. The van der Waals surface area contributed by atoms with E-state index in [2.05, 4.69) is 34.3 Å². The first-order chi connectivity index (χ1) is 15.2. The van der Waals surface area contributed by atoms with Gasteiger partial charge in [-0.25, -0.2) is 4.98 Å². The number of hydrogen-bond donors (Lipinski definition) is 1. The summed E-state index contributed by atoms with van der Waals surface area (Å²) in [6, 6.07) is 10.9. The van der Waals surface area contributed by atoms with Gasteiger partial charge in [-0.05, 0) is 63.1 Å². The number of ether oxygens (including phenoxy) is 1. The predicted molar refractivity (Wildman–Crippen MR) is 126 cm³/mol. The zero-order chi connectivity index (χ0) is 23.0. The third kappa shape index (κ3) is 4.25. The highest BCUT2D eigenvalue weighted by atomic mass is 35.5. The van der Waals surface area contributed by atoms with Crippen LogP contribution in [-0.2, 0) is 0 Å². The fourth-order valence-electron chi connectivity index (χ4n) is 3.51. The Kier molecular flexibility index (Phi) is 6.02. The van der Waals surface area contributed by atoms with Crippen LogP contribution in [0.2, 0.25) is 5.02 Å². The van der Waals surface area contributed by atoms with Crippen molar-refractivity contribution < 1.29 is 9.53 Å². The summed E-state index contributed by atoms with van der Waals surface area (Å²) in [5, 5.41) is 12.3. The molecule has 2 aromatic carbocycles. The second-order valence-electron chi connectivity index (χ2n) is 8.50. The molecule has 8 heteroatoms. The van der Waals surface area contributed by atoms with Crippen LogP contribution < -0.4 is 10.1 Å². The van der Waals surface area contributed by atoms with Gasteiger partial charge in [-0.2, -0.15) is 0 Å². The molecular formula is C24H26ClN5O2.